The molecule has 0 unspecified atom stereocenters. The van der Waals surface area contributed by atoms with Crippen LogP contribution < -0.4 is 10.1 Å². The molecular formula is C20H24N2O3. The first-order valence-electron chi connectivity index (χ1n) is 8.64. The number of hydrogen-bond donors (Lipinski definition) is 2. The normalized spacial score (nSPS) is 17.4. The van der Waals surface area contributed by atoms with Crippen LogP contribution >= 0.6 is 0 Å². The van der Waals surface area contributed by atoms with E-state index in [1.165, 1.54) is 0 Å². The zero-order chi connectivity index (χ0) is 17.6. The van der Waals surface area contributed by atoms with Crippen LogP contribution in [0.1, 0.15) is 18.4 Å². The number of anilines is 1. The average Bonchev–Trinajstić information content (AvgIpc) is 3.05. The molecule has 0 bridgehead atoms. The zero-order valence-corrected chi connectivity index (χ0v) is 14.4. The molecule has 1 aliphatic rings. The van der Waals surface area contributed by atoms with E-state index in [0.717, 1.165) is 30.7 Å². The minimum Gasteiger partial charge on any atom is -0.455 e. The number of carbonyl (C=O) groups excluding carboxylic acids is 1. The van der Waals surface area contributed by atoms with E-state index >= 15 is 0 Å². The van der Waals surface area contributed by atoms with E-state index in [2.05, 4.69) is 5.32 Å². The Morgan fingerprint density at radius 1 is 1.24 bits per heavy atom. The maximum atomic E-state index is 12.4. The fourth-order valence-corrected chi connectivity index (χ4v) is 3.08. The molecule has 25 heavy (non-hydrogen) atoms. The molecule has 0 aliphatic carbocycles. The Balaban J connectivity index is 1.66. The van der Waals surface area contributed by atoms with Gasteiger partial charge in [-0.25, -0.2) is 0 Å². The van der Waals surface area contributed by atoms with Crippen LogP contribution in [0.4, 0.5) is 5.69 Å². The van der Waals surface area contributed by atoms with Gasteiger partial charge in [-0.2, -0.15) is 0 Å². The van der Waals surface area contributed by atoms with Gasteiger partial charge in [-0.15, -0.1) is 0 Å². The quantitative estimate of drug-likeness (QED) is 0.848. The van der Waals surface area contributed by atoms with Crippen molar-refractivity contribution in [2.75, 3.05) is 25.0 Å². The Morgan fingerprint density at radius 2 is 2.00 bits per heavy atom. The van der Waals surface area contributed by atoms with Crippen LogP contribution in [0.2, 0.25) is 0 Å². The van der Waals surface area contributed by atoms with Crippen molar-refractivity contribution in [2.45, 2.75) is 25.8 Å². The van der Waals surface area contributed by atoms with E-state index in [1.54, 1.807) is 0 Å². The fraction of sp³-hybridized carbons (Fsp3) is 0.350. The third-order valence-electron chi connectivity index (χ3n) is 4.47. The lowest BCUT2D eigenvalue weighted by Crippen LogP contribution is -2.38. The third-order valence-corrected chi connectivity index (χ3v) is 4.47. The minimum atomic E-state index is -0.0969. The summed E-state index contributed by atoms with van der Waals surface area (Å²) < 4.78 is 5.91. The van der Waals surface area contributed by atoms with Gasteiger partial charge in [0.1, 0.15) is 5.75 Å². The number of likely N-dealkylation sites (tertiary alicyclic amines) is 1. The second kappa shape index (κ2) is 8.14. The van der Waals surface area contributed by atoms with Crippen LogP contribution in [-0.4, -0.2) is 41.7 Å². The highest BCUT2D eigenvalue weighted by molar-refractivity contribution is 5.93. The number of aliphatic hydroxyl groups excluding tert-OH is 1. The van der Waals surface area contributed by atoms with Gasteiger partial charge >= 0.3 is 0 Å². The van der Waals surface area contributed by atoms with Crippen molar-refractivity contribution in [2.24, 2.45) is 0 Å². The number of rotatable bonds is 6. The van der Waals surface area contributed by atoms with Crippen molar-refractivity contribution in [3.05, 3.63) is 54.1 Å². The Hall–Kier alpha value is -2.37. The van der Waals surface area contributed by atoms with E-state index in [1.807, 2.05) is 60.4 Å². The van der Waals surface area contributed by atoms with Crippen LogP contribution in [0, 0.1) is 6.92 Å². The summed E-state index contributed by atoms with van der Waals surface area (Å²) in [4.78, 5) is 14.4. The molecule has 2 N–H and O–H groups in total. The maximum Gasteiger partial charge on any atom is 0.238 e. The van der Waals surface area contributed by atoms with E-state index < -0.39 is 0 Å². The van der Waals surface area contributed by atoms with Gasteiger partial charge in [-0.3, -0.25) is 9.69 Å². The van der Waals surface area contributed by atoms with Gasteiger partial charge in [0.2, 0.25) is 5.91 Å². The Kier molecular flexibility index (Phi) is 5.68. The molecule has 1 aliphatic heterocycles. The summed E-state index contributed by atoms with van der Waals surface area (Å²) in [6.45, 7) is 3.25. The number of aliphatic hydroxyl groups is 1. The first kappa shape index (κ1) is 17.5. The molecule has 2 aromatic carbocycles. The van der Waals surface area contributed by atoms with Crippen LogP contribution in [-0.2, 0) is 4.79 Å². The van der Waals surface area contributed by atoms with Gasteiger partial charge in [0, 0.05) is 6.04 Å². The van der Waals surface area contributed by atoms with E-state index in [9.17, 15) is 9.90 Å². The van der Waals surface area contributed by atoms with Crippen molar-refractivity contribution in [1.82, 2.24) is 4.90 Å². The monoisotopic (exact) mass is 340 g/mol. The van der Waals surface area contributed by atoms with Gasteiger partial charge in [-0.05, 0) is 50.6 Å². The summed E-state index contributed by atoms with van der Waals surface area (Å²) in [5.74, 6) is 1.24. The summed E-state index contributed by atoms with van der Waals surface area (Å²) in [5.41, 5.74) is 1.81. The summed E-state index contributed by atoms with van der Waals surface area (Å²) >= 11 is 0. The van der Waals surface area contributed by atoms with Crippen molar-refractivity contribution in [1.29, 1.82) is 0 Å². The second-order valence-electron chi connectivity index (χ2n) is 6.41. The second-order valence-corrected chi connectivity index (χ2v) is 6.41. The largest absolute Gasteiger partial charge is 0.455 e. The number of nitrogens with one attached hydrogen (secondary N) is 1. The molecule has 2 aromatic rings. The lowest BCUT2D eigenvalue weighted by Gasteiger charge is -2.22. The third kappa shape index (κ3) is 4.59. The van der Waals surface area contributed by atoms with Gasteiger partial charge in [0.05, 0.1) is 18.8 Å². The molecule has 0 aromatic heterocycles. The Morgan fingerprint density at radius 3 is 2.76 bits per heavy atom. The number of carbonyl (C=O) groups is 1. The minimum absolute atomic E-state index is 0.0878. The zero-order valence-electron chi connectivity index (χ0n) is 14.4. The van der Waals surface area contributed by atoms with Crippen molar-refractivity contribution >= 4 is 11.6 Å². The number of ether oxygens (including phenoxy) is 1. The van der Waals surface area contributed by atoms with E-state index in [-0.39, 0.29) is 25.1 Å². The average molecular weight is 340 g/mol. The predicted molar refractivity (Wildman–Crippen MR) is 98.0 cm³/mol. The highest BCUT2D eigenvalue weighted by Crippen LogP contribution is 2.29. The van der Waals surface area contributed by atoms with Gasteiger partial charge in [0.15, 0.2) is 5.75 Å². The number of aryl methyl sites for hydroxylation is 1. The number of amides is 1. The van der Waals surface area contributed by atoms with Crippen LogP contribution in [0.25, 0.3) is 0 Å². The molecule has 1 heterocycles. The van der Waals surface area contributed by atoms with Crippen LogP contribution in [0.15, 0.2) is 48.5 Å². The molecule has 0 saturated carbocycles. The van der Waals surface area contributed by atoms with Crippen molar-refractivity contribution < 1.29 is 14.6 Å². The summed E-state index contributed by atoms with van der Waals surface area (Å²) in [6.07, 6.45) is 1.96. The number of hydrogen-bond acceptors (Lipinski definition) is 4. The maximum absolute atomic E-state index is 12.4. The molecule has 5 heteroatoms. The summed E-state index contributed by atoms with van der Waals surface area (Å²) in [7, 11) is 0. The predicted octanol–water partition coefficient (Wildman–Crippen LogP) is 3.18. The van der Waals surface area contributed by atoms with Gasteiger partial charge in [0.25, 0.3) is 0 Å². The van der Waals surface area contributed by atoms with Crippen molar-refractivity contribution in [3.63, 3.8) is 0 Å². The standard InChI is InChI=1S/C20H24N2O3/c1-15-8-10-17(11-9-15)25-19-7-3-2-6-18(19)21-20(24)13-22-12-4-5-16(22)14-23/h2-3,6-11,16,23H,4-5,12-14H2,1H3,(H,21,24)/t16-/m1/s1. The molecule has 1 amide bonds. The molecule has 1 atom stereocenters. The van der Waals surface area contributed by atoms with Crippen LogP contribution in [0.3, 0.4) is 0 Å². The summed E-state index contributed by atoms with van der Waals surface area (Å²) in [5, 5.41) is 12.3. The highest BCUT2D eigenvalue weighted by atomic mass is 16.5. The molecule has 0 spiro atoms. The Labute approximate surface area is 148 Å². The molecule has 0 radical (unpaired) electrons. The number of para-hydroxylation sites is 2. The fourth-order valence-electron chi connectivity index (χ4n) is 3.08. The first-order valence-corrected chi connectivity index (χ1v) is 8.64. The first-order chi connectivity index (χ1) is 12.2. The lowest BCUT2D eigenvalue weighted by molar-refractivity contribution is -0.117. The number of benzene rings is 2. The molecule has 3 rings (SSSR count). The van der Waals surface area contributed by atoms with Gasteiger partial charge < -0.3 is 15.2 Å². The molecule has 132 valence electrons. The smallest absolute Gasteiger partial charge is 0.238 e. The van der Waals surface area contributed by atoms with E-state index in [0.29, 0.717) is 11.4 Å². The molecule has 1 fully saturated rings. The SMILES string of the molecule is Cc1ccc(Oc2ccccc2NC(=O)CN2CCC[C@@H]2CO)cc1. The Bertz CT molecular complexity index is 715. The number of nitrogens with zero attached hydrogens (tertiary/aromatic N) is 1. The van der Waals surface area contributed by atoms with E-state index in [4.69, 9.17) is 4.74 Å². The van der Waals surface area contributed by atoms with Crippen LogP contribution in [0.5, 0.6) is 11.5 Å². The van der Waals surface area contributed by atoms with Crippen molar-refractivity contribution in [3.8, 4) is 11.5 Å². The molecule has 5 nitrogen and oxygen atoms in total. The topological polar surface area (TPSA) is 61.8 Å². The summed E-state index contributed by atoms with van der Waals surface area (Å²) in [6, 6.07) is 15.3. The lowest BCUT2D eigenvalue weighted by atomic mass is 10.2. The molecule has 1 saturated heterocycles. The molecular weight excluding hydrogens is 316 g/mol. The van der Waals surface area contributed by atoms with Gasteiger partial charge in [-0.1, -0.05) is 29.8 Å². The highest BCUT2D eigenvalue weighted by Gasteiger charge is 2.25.